The highest BCUT2D eigenvalue weighted by molar-refractivity contribution is 5.47. The van der Waals surface area contributed by atoms with E-state index < -0.39 is 12.3 Å². The van der Waals surface area contributed by atoms with Crippen molar-refractivity contribution in [1.82, 2.24) is 0 Å². The van der Waals surface area contributed by atoms with Crippen molar-refractivity contribution in [2.45, 2.75) is 52.2 Å². The second-order valence-corrected chi connectivity index (χ2v) is 4.95. The fraction of sp³-hybridized carbons (Fsp3) is 0.571. The lowest BCUT2D eigenvalue weighted by molar-refractivity contribution is -0.207. The molecule has 0 aliphatic rings. The fourth-order valence-corrected chi connectivity index (χ4v) is 1.67. The van der Waals surface area contributed by atoms with Crippen molar-refractivity contribution in [3.8, 4) is 11.5 Å². The minimum absolute atomic E-state index is 0.0250. The summed E-state index contributed by atoms with van der Waals surface area (Å²) in [7, 11) is 0. The number of halogens is 3. The maximum atomic E-state index is 12.8. The van der Waals surface area contributed by atoms with Gasteiger partial charge in [-0.15, -0.1) is 0 Å². The maximum Gasteiger partial charge on any atom is 0.418 e. The van der Waals surface area contributed by atoms with Crippen LogP contribution in [0.4, 0.5) is 13.2 Å². The van der Waals surface area contributed by atoms with E-state index in [9.17, 15) is 18.3 Å². The first kappa shape index (κ1) is 16.6. The fourth-order valence-electron chi connectivity index (χ4n) is 1.67. The van der Waals surface area contributed by atoms with Crippen LogP contribution in [0.5, 0.6) is 11.5 Å². The third-order valence-corrected chi connectivity index (χ3v) is 2.33. The first-order valence-corrected chi connectivity index (χ1v) is 6.34. The van der Waals surface area contributed by atoms with Crippen LogP contribution >= 0.6 is 0 Å². The van der Waals surface area contributed by atoms with E-state index in [0.29, 0.717) is 0 Å². The van der Waals surface area contributed by atoms with Gasteiger partial charge < -0.3 is 14.6 Å². The van der Waals surface area contributed by atoms with Crippen molar-refractivity contribution < 1.29 is 27.8 Å². The summed E-state index contributed by atoms with van der Waals surface area (Å²) in [5, 5.41) is 9.56. The molecule has 6 heteroatoms. The molecule has 1 rings (SSSR count). The van der Waals surface area contributed by atoms with Gasteiger partial charge in [0.05, 0.1) is 17.8 Å². The third kappa shape index (κ3) is 4.30. The molecule has 0 amide bonds. The van der Waals surface area contributed by atoms with E-state index in [1.807, 2.05) is 0 Å². The molecule has 1 aromatic carbocycles. The Labute approximate surface area is 116 Å². The molecule has 0 bridgehead atoms. The SMILES string of the molecule is CC(C)Oc1cccc(OC(C)C)c1C(O)C(F)(F)F. The summed E-state index contributed by atoms with van der Waals surface area (Å²) in [6.07, 6.45) is -8.07. The van der Waals surface area contributed by atoms with Crippen molar-refractivity contribution in [2.75, 3.05) is 0 Å². The van der Waals surface area contributed by atoms with Crippen molar-refractivity contribution in [1.29, 1.82) is 0 Å². The number of aliphatic hydroxyl groups is 1. The number of hydrogen-bond acceptors (Lipinski definition) is 3. The summed E-state index contributed by atoms with van der Waals surface area (Å²) in [6.45, 7) is 6.78. The Hall–Kier alpha value is -1.43. The lowest BCUT2D eigenvalue weighted by Gasteiger charge is -2.23. The van der Waals surface area contributed by atoms with E-state index in [0.717, 1.165) is 0 Å². The van der Waals surface area contributed by atoms with E-state index in [1.54, 1.807) is 27.7 Å². The van der Waals surface area contributed by atoms with Crippen molar-refractivity contribution in [3.63, 3.8) is 0 Å². The van der Waals surface area contributed by atoms with Crippen LogP contribution in [0.15, 0.2) is 18.2 Å². The molecule has 0 saturated carbocycles. The van der Waals surface area contributed by atoms with Gasteiger partial charge in [0, 0.05) is 0 Å². The van der Waals surface area contributed by atoms with Crippen LogP contribution in [0.25, 0.3) is 0 Å². The van der Waals surface area contributed by atoms with Crippen molar-refractivity contribution in [2.24, 2.45) is 0 Å². The predicted octanol–water partition coefficient (Wildman–Crippen LogP) is 3.86. The van der Waals surface area contributed by atoms with Gasteiger partial charge in [-0.25, -0.2) is 0 Å². The molecule has 114 valence electrons. The smallest absolute Gasteiger partial charge is 0.418 e. The van der Waals surface area contributed by atoms with Crippen LogP contribution in [-0.4, -0.2) is 23.5 Å². The van der Waals surface area contributed by atoms with Gasteiger partial charge in [0.2, 0.25) is 0 Å². The van der Waals surface area contributed by atoms with Gasteiger partial charge in [-0.1, -0.05) is 6.07 Å². The highest BCUT2D eigenvalue weighted by Gasteiger charge is 2.43. The van der Waals surface area contributed by atoms with Gasteiger partial charge in [-0.3, -0.25) is 0 Å². The summed E-state index contributed by atoms with van der Waals surface area (Å²) in [6, 6.07) is 4.30. The van der Waals surface area contributed by atoms with Gasteiger partial charge in [-0.05, 0) is 39.8 Å². The van der Waals surface area contributed by atoms with Crippen LogP contribution in [0.3, 0.4) is 0 Å². The Kier molecular flexibility index (Phi) is 5.28. The normalized spacial score (nSPS) is 13.7. The van der Waals surface area contributed by atoms with Crippen molar-refractivity contribution >= 4 is 0 Å². The summed E-state index contributed by atoms with van der Waals surface area (Å²) in [5.41, 5.74) is -0.387. The van der Waals surface area contributed by atoms with Crippen LogP contribution in [0.2, 0.25) is 0 Å². The van der Waals surface area contributed by atoms with E-state index >= 15 is 0 Å². The lowest BCUT2D eigenvalue weighted by Crippen LogP contribution is -2.23. The molecule has 3 nitrogen and oxygen atoms in total. The Bertz CT molecular complexity index is 414. The minimum Gasteiger partial charge on any atom is -0.490 e. The molecular formula is C14H19F3O3. The Morgan fingerprint density at radius 3 is 1.65 bits per heavy atom. The number of alkyl halides is 3. The average Bonchev–Trinajstić information content (AvgIpc) is 2.25. The molecule has 1 atom stereocenters. The van der Waals surface area contributed by atoms with Crippen LogP contribution < -0.4 is 9.47 Å². The Morgan fingerprint density at radius 2 is 1.35 bits per heavy atom. The molecule has 1 unspecified atom stereocenters. The number of ether oxygens (including phenoxy) is 2. The van der Waals surface area contributed by atoms with E-state index in [2.05, 4.69) is 0 Å². The summed E-state index contributed by atoms with van der Waals surface area (Å²) >= 11 is 0. The Morgan fingerprint density at radius 1 is 0.950 bits per heavy atom. The van der Waals surface area contributed by atoms with Crippen LogP contribution in [-0.2, 0) is 0 Å². The van der Waals surface area contributed by atoms with Gasteiger partial charge in [0.1, 0.15) is 11.5 Å². The number of aliphatic hydroxyl groups excluding tert-OH is 1. The molecule has 0 saturated heterocycles. The third-order valence-electron chi connectivity index (χ3n) is 2.33. The molecule has 0 radical (unpaired) electrons. The second-order valence-electron chi connectivity index (χ2n) is 4.95. The summed E-state index contributed by atoms with van der Waals surface area (Å²) in [5.74, 6) is -0.0500. The maximum absolute atomic E-state index is 12.8. The van der Waals surface area contributed by atoms with Gasteiger partial charge in [0.15, 0.2) is 6.10 Å². The zero-order valence-corrected chi connectivity index (χ0v) is 11.9. The molecule has 0 aliphatic heterocycles. The van der Waals surface area contributed by atoms with Gasteiger partial charge in [0.25, 0.3) is 0 Å². The van der Waals surface area contributed by atoms with Crippen molar-refractivity contribution in [3.05, 3.63) is 23.8 Å². The van der Waals surface area contributed by atoms with E-state index in [4.69, 9.17) is 9.47 Å². The van der Waals surface area contributed by atoms with Gasteiger partial charge in [-0.2, -0.15) is 13.2 Å². The highest BCUT2D eigenvalue weighted by Crippen LogP contribution is 2.42. The Balaban J connectivity index is 3.31. The van der Waals surface area contributed by atoms with Crippen LogP contribution in [0, 0.1) is 0 Å². The molecule has 0 aliphatic carbocycles. The molecule has 0 fully saturated rings. The number of benzene rings is 1. The zero-order chi connectivity index (χ0) is 15.5. The molecule has 0 spiro atoms. The number of rotatable bonds is 5. The monoisotopic (exact) mass is 292 g/mol. The second kappa shape index (κ2) is 6.35. The number of hydrogen-bond donors (Lipinski definition) is 1. The zero-order valence-electron chi connectivity index (χ0n) is 11.9. The highest BCUT2D eigenvalue weighted by atomic mass is 19.4. The first-order chi connectivity index (χ1) is 9.12. The molecule has 0 heterocycles. The van der Waals surface area contributed by atoms with Gasteiger partial charge >= 0.3 is 6.18 Å². The largest absolute Gasteiger partial charge is 0.490 e. The predicted molar refractivity (Wildman–Crippen MR) is 69.0 cm³/mol. The topological polar surface area (TPSA) is 38.7 Å². The first-order valence-electron chi connectivity index (χ1n) is 6.34. The summed E-state index contributed by atoms with van der Waals surface area (Å²) < 4.78 is 49.1. The van der Waals surface area contributed by atoms with E-state index in [-0.39, 0.29) is 29.3 Å². The lowest BCUT2D eigenvalue weighted by atomic mass is 10.1. The molecule has 1 aromatic rings. The molecule has 1 N–H and O–H groups in total. The average molecular weight is 292 g/mol. The van der Waals surface area contributed by atoms with Crippen LogP contribution in [0.1, 0.15) is 39.4 Å². The molecule has 20 heavy (non-hydrogen) atoms. The minimum atomic E-state index is -4.79. The summed E-state index contributed by atoms with van der Waals surface area (Å²) in [4.78, 5) is 0. The van der Waals surface area contributed by atoms with E-state index in [1.165, 1.54) is 18.2 Å². The quantitative estimate of drug-likeness (QED) is 0.895. The standard InChI is InChI=1S/C14H19F3O3/c1-8(2)19-10-6-5-7-11(20-9(3)4)12(10)13(18)14(15,16)17/h5-9,13,18H,1-4H3. The molecule has 0 aromatic heterocycles. The molecular weight excluding hydrogens is 273 g/mol.